The van der Waals surface area contributed by atoms with Crippen LogP contribution in [0.2, 0.25) is 0 Å². The lowest BCUT2D eigenvalue weighted by Gasteiger charge is -2.18. The summed E-state index contributed by atoms with van der Waals surface area (Å²) in [7, 11) is 0. The number of aromatic nitrogens is 1. The number of thiazole rings is 1. The number of anilines is 1. The number of fused-ring (bicyclic) bond motifs is 2. The summed E-state index contributed by atoms with van der Waals surface area (Å²) in [6.45, 7) is 1.24. The van der Waals surface area contributed by atoms with Gasteiger partial charge >= 0.3 is 0 Å². The first kappa shape index (κ1) is 20.2. The Labute approximate surface area is 187 Å². The van der Waals surface area contributed by atoms with Gasteiger partial charge in [-0.1, -0.05) is 12.1 Å². The van der Waals surface area contributed by atoms with E-state index in [9.17, 15) is 14.4 Å². The third-order valence-corrected chi connectivity index (χ3v) is 6.01. The number of carbonyl (C=O) groups is 3. The van der Waals surface area contributed by atoms with Crippen molar-refractivity contribution in [2.45, 2.75) is 12.8 Å². The molecule has 3 heterocycles. The Kier molecular flexibility index (Phi) is 5.32. The van der Waals surface area contributed by atoms with Crippen molar-refractivity contribution in [3.05, 3.63) is 59.0 Å². The second-order valence-corrected chi connectivity index (χ2v) is 8.21. The SMILES string of the molecule is O=C(CCCN1C(=O)c2ccccc2C1=O)Nc1nc(-c2ccc3c(c2)OCCO3)cs1. The quantitative estimate of drug-likeness (QED) is 0.578. The molecule has 0 saturated heterocycles. The van der Waals surface area contributed by atoms with Crippen LogP contribution >= 0.6 is 11.3 Å². The number of rotatable bonds is 6. The van der Waals surface area contributed by atoms with Gasteiger partial charge in [-0.2, -0.15) is 0 Å². The van der Waals surface area contributed by atoms with Crippen LogP contribution < -0.4 is 14.8 Å². The van der Waals surface area contributed by atoms with E-state index >= 15 is 0 Å². The topological polar surface area (TPSA) is 97.8 Å². The second kappa shape index (κ2) is 8.43. The van der Waals surface area contributed by atoms with E-state index in [1.165, 1.54) is 16.2 Å². The van der Waals surface area contributed by atoms with Crippen LogP contribution in [-0.4, -0.2) is 47.4 Å². The smallest absolute Gasteiger partial charge is 0.261 e. The molecule has 0 aliphatic carbocycles. The van der Waals surface area contributed by atoms with Crippen molar-refractivity contribution < 1.29 is 23.9 Å². The molecule has 1 N–H and O–H groups in total. The Hall–Kier alpha value is -3.72. The monoisotopic (exact) mass is 449 g/mol. The Bertz CT molecular complexity index is 1190. The standard InChI is InChI=1S/C23H19N3O5S/c27-20(6-3-9-26-21(28)15-4-1-2-5-16(15)22(26)29)25-23-24-17(13-32-23)14-7-8-18-19(12-14)31-11-10-30-18/h1-2,4-5,7-8,12-13H,3,6,9-11H2,(H,24,25,27). The number of carbonyl (C=O) groups excluding carboxylic acids is 3. The second-order valence-electron chi connectivity index (χ2n) is 7.36. The molecule has 0 atom stereocenters. The minimum Gasteiger partial charge on any atom is -0.486 e. The maximum absolute atomic E-state index is 12.4. The molecule has 0 spiro atoms. The van der Waals surface area contributed by atoms with Crippen LogP contribution in [0, 0.1) is 0 Å². The summed E-state index contributed by atoms with van der Waals surface area (Å²) >= 11 is 1.33. The van der Waals surface area contributed by atoms with Crippen molar-refractivity contribution in [3.8, 4) is 22.8 Å². The average molecular weight is 449 g/mol. The number of hydrogen-bond acceptors (Lipinski definition) is 7. The first-order chi connectivity index (χ1) is 15.6. The molecule has 0 bridgehead atoms. The predicted molar refractivity (Wildman–Crippen MR) is 118 cm³/mol. The molecule has 5 rings (SSSR count). The van der Waals surface area contributed by atoms with E-state index in [0.29, 0.717) is 47.4 Å². The van der Waals surface area contributed by atoms with Gasteiger partial charge in [-0.05, 0) is 36.8 Å². The van der Waals surface area contributed by atoms with Crippen molar-refractivity contribution in [1.82, 2.24) is 9.88 Å². The maximum Gasteiger partial charge on any atom is 0.261 e. The van der Waals surface area contributed by atoms with Crippen molar-refractivity contribution in [3.63, 3.8) is 0 Å². The van der Waals surface area contributed by atoms with E-state index in [1.807, 2.05) is 23.6 Å². The van der Waals surface area contributed by atoms with Crippen molar-refractivity contribution >= 4 is 34.2 Å². The number of ether oxygens (including phenoxy) is 2. The van der Waals surface area contributed by atoms with E-state index in [4.69, 9.17) is 9.47 Å². The molecule has 1 aromatic heterocycles. The molecule has 2 aliphatic heterocycles. The molecular weight excluding hydrogens is 430 g/mol. The zero-order valence-electron chi connectivity index (χ0n) is 17.0. The lowest BCUT2D eigenvalue weighted by atomic mass is 10.1. The van der Waals surface area contributed by atoms with Crippen molar-refractivity contribution in [1.29, 1.82) is 0 Å². The number of hydrogen-bond donors (Lipinski definition) is 1. The third-order valence-electron chi connectivity index (χ3n) is 5.25. The Morgan fingerprint density at radius 3 is 2.50 bits per heavy atom. The molecule has 0 saturated carbocycles. The highest BCUT2D eigenvalue weighted by atomic mass is 32.1. The van der Waals surface area contributed by atoms with E-state index in [2.05, 4.69) is 10.3 Å². The predicted octanol–water partition coefficient (Wildman–Crippen LogP) is 3.60. The molecule has 3 aromatic rings. The summed E-state index contributed by atoms with van der Waals surface area (Å²) in [6.07, 6.45) is 0.546. The van der Waals surface area contributed by atoms with E-state index in [-0.39, 0.29) is 30.7 Å². The number of imide groups is 1. The zero-order valence-corrected chi connectivity index (χ0v) is 17.8. The minimum atomic E-state index is -0.310. The van der Waals surface area contributed by atoms with Crippen LogP contribution in [0.25, 0.3) is 11.3 Å². The largest absolute Gasteiger partial charge is 0.486 e. The van der Waals surface area contributed by atoms with Gasteiger partial charge in [0.2, 0.25) is 5.91 Å². The van der Waals surface area contributed by atoms with Gasteiger partial charge in [-0.3, -0.25) is 19.3 Å². The summed E-state index contributed by atoms with van der Waals surface area (Å²) < 4.78 is 11.1. The number of nitrogens with one attached hydrogen (secondary N) is 1. The normalized spacial score (nSPS) is 14.4. The Balaban J connectivity index is 1.15. The molecule has 9 heteroatoms. The summed E-state index contributed by atoms with van der Waals surface area (Å²) in [6, 6.07) is 12.4. The molecule has 3 amide bonds. The van der Waals surface area contributed by atoms with Gasteiger partial charge in [0.25, 0.3) is 11.8 Å². The van der Waals surface area contributed by atoms with Gasteiger partial charge in [0.1, 0.15) is 13.2 Å². The molecule has 0 radical (unpaired) electrons. The molecule has 8 nitrogen and oxygen atoms in total. The lowest BCUT2D eigenvalue weighted by molar-refractivity contribution is -0.116. The summed E-state index contributed by atoms with van der Waals surface area (Å²) in [5.74, 6) is 0.553. The van der Waals surface area contributed by atoms with E-state index in [1.54, 1.807) is 24.3 Å². The summed E-state index contributed by atoms with van der Waals surface area (Å²) in [4.78, 5) is 42.8. The van der Waals surface area contributed by atoms with Gasteiger partial charge in [0.05, 0.1) is 16.8 Å². The first-order valence-corrected chi connectivity index (χ1v) is 11.1. The van der Waals surface area contributed by atoms with Crippen molar-refractivity contribution in [2.24, 2.45) is 0 Å². The van der Waals surface area contributed by atoms with Crippen molar-refractivity contribution in [2.75, 3.05) is 25.1 Å². The fourth-order valence-corrected chi connectivity index (χ4v) is 4.42. The number of amides is 3. The van der Waals surface area contributed by atoms with Gasteiger partial charge in [-0.15, -0.1) is 11.3 Å². The minimum absolute atomic E-state index is 0.173. The molecular formula is C23H19N3O5S. The molecule has 0 fully saturated rings. The maximum atomic E-state index is 12.4. The summed E-state index contributed by atoms with van der Waals surface area (Å²) in [5, 5.41) is 5.13. The fourth-order valence-electron chi connectivity index (χ4n) is 3.69. The van der Waals surface area contributed by atoms with Crippen LogP contribution in [0.4, 0.5) is 5.13 Å². The Morgan fingerprint density at radius 2 is 1.75 bits per heavy atom. The van der Waals surface area contributed by atoms with Gasteiger partial charge in [0.15, 0.2) is 16.6 Å². The fraction of sp³-hybridized carbons (Fsp3) is 0.217. The molecule has 32 heavy (non-hydrogen) atoms. The van der Waals surface area contributed by atoms with Crippen LogP contribution in [0.1, 0.15) is 33.6 Å². The van der Waals surface area contributed by atoms with Crippen LogP contribution in [-0.2, 0) is 4.79 Å². The lowest BCUT2D eigenvalue weighted by Crippen LogP contribution is -2.31. The number of benzene rings is 2. The highest BCUT2D eigenvalue weighted by Gasteiger charge is 2.34. The number of nitrogens with zero attached hydrogens (tertiary/aromatic N) is 2. The molecule has 0 unspecified atom stereocenters. The highest BCUT2D eigenvalue weighted by Crippen LogP contribution is 2.35. The highest BCUT2D eigenvalue weighted by molar-refractivity contribution is 7.14. The summed E-state index contributed by atoms with van der Waals surface area (Å²) in [5.41, 5.74) is 2.43. The van der Waals surface area contributed by atoms with Gasteiger partial charge in [-0.25, -0.2) is 4.98 Å². The third kappa shape index (κ3) is 3.82. The van der Waals surface area contributed by atoms with E-state index < -0.39 is 0 Å². The first-order valence-electron chi connectivity index (χ1n) is 10.2. The Morgan fingerprint density at radius 1 is 1.03 bits per heavy atom. The molecule has 162 valence electrons. The van der Waals surface area contributed by atoms with Gasteiger partial charge in [0, 0.05) is 23.9 Å². The van der Waals surface area contributed by atoms with E-state index in [0.717, 1.165) is 11.3 Å². The molecule has 2 aliphatic rings. The average Bonchev–Trinajstić information content (AvgIpc) is 3.37. The van der Waals surface area contributed by atoms with Crippen LogP contribution in [0.3, 0.4) is 0 Å². The van der Waals surface area contributed by atoms with Crippen LogP contribution in [0.5, 0.6) is 11.5 Å². The zero-order chi connectivity index (χ0) is 22.1. The van der Waals surface area contributed by atoms with Crippen LogP contribution in [0.15, 0.2) is 47.8 Å². The molecule has 2 aromatic carbocycles. The van der Waals surface area contributed by atoms with Gasteiger partial charge < -0.3 is 14.8 Å².